The van der Waals surface area contributed by atoms with Gasteiger partial charge in [0, 0.05) is 52.9 Å². The highest BCUT2D eigenvalue weighted by Gasteiger charge is 2.27. The van der Waals surface area contributed by atoms with Crippen molar-refractivity contribution in [2.75, 3.05) is 13.2 Å². The number of pyridine rings is 1. The molecule has 0 amide bonds. The number of carboxylic acid groups (broad SMARTS) is 1. The maximum absolute atomic E-state index is 13.0. The van der Waals surface area contributed by atoms with Gasteiger partial charge in [0.05, 0.1) is 17.8 Å². The Morgan fingerprint density at radius 2 is 1.69 bits per heavy atom. The minimum atomic E-state index is -0.940. The molecule has 3 N–H and O–H groups in total. The first-order valence-electron chi connectivity index (χ1n) is 17.2. The number of nitrogens with zero attached hydrogens (tertiary/aromatic N) is 3. The third kappa shape index (κ3) is 6.26. The molecule has 8 rings (SSSR count). The Morgan fingerprint density at radius 3 is 2.55 bits per heavy atom. The van der Waals surface area contributed by atoms with E-state index in [1.807, 2.05) is 77.4 Å². The fourth-order valence-electron chi connectivity index (χ4n) is 7.20. The maximum atomic E-state index is 13.0. The predicted molar refractivity (Wildman–Crippen MR) is 197 cm³/mol. The Morgan fingerprint density at radius 1 is 0.882 bits per heavy atom. The molecule has 0 saturated carbocycles. The van der Waals surface area contributed by atoms with Crippen LogP contribution in [0.4, 0.5) is 0 Å². The van der Waals surface area contributed by atoms with Crippen LogP contribution in [0.3, 0.4) is 0 Å². The summed E-state index contributed by atoms with van der Waals surface area (Å²) in [5, 5.41) is 25.2. The van der Waals surface area contributed by atoms with Crippen molar-refractivity contribution in [2.45, 2.75) is 39.0 Å². The number of benzene rings is 4. The van der Waals surface area contributed by atoms with E-state index in [0.29, 0.717) is 44.0 Å². The number of carboxylic acids is 1. The number of para-hydroxylation sites is 1. The van der Waals surface area contributed by atoms with Gasteiger partial charge in [-0.2, -0.15) is 5.10 Å². The SMILES string of the molecule is O=C(O)c1c(CCCOc2cccc3ccccc23)c2cccc3c2n1CCCNCc1[nH]nc(COc2ccc(-n4ccccc4=O)cc2)c1-3. The van der Waals surface area contributed by atoms with Crippen molar-refractivity contribution < 1.29 is 19.4 Å². The number of ether oxygens (including phenoxy) is 2. The predicted octanol–water partition coefficient (Wildman–Crippen LogP) is 7.12. The molecular weight excluding hydrogens is 642 g/mol. The standard InChI is InChI=1S/C41H37N5O5/c47-37-16-3-4-22-45(37)28-17-19-29(20-18-28)51-26-35-38-33-13-6-12-31-32(14-7-24-50-36-15-5-10-27-9-1-2-11-30(27)36)40(41(48)49)46(39(31)33)23-8-21-42-25-34(38)43-44-35/h1-6,9-13,15-20,22,42H,7-8,14,21,23-26H2,(H,43,44)(H,48,49). The Balaban J connectivity index is 1.10. The third-order valence-corrected chi connectivity index (χ3v) is 9.50. The van der Waals surface area contributed by atoms with Gasteiger partial charge in [0.15, 0.2) is 0 Å². The average molecular weight is 680 g/mol. The van der Waals surface area contributed by atoms with Crippen molar-refractivity contribution in [3.8, 4) is 28.3 Å². The lowest BCUT2D eigenvalue weighted by molar-refractivity contribution is 0.0684. The van der Waals surface area contributed by atoms with Crippen molar-refractivity contribution in [3.63, 3.8) is 0 Å². The van der Waals surface area contributed by atoms with E-state index >= 15 is 0 Å². The van der Waals surface area contributed by atoms with Crippen LogP contribution in [0.25, 0.3) is 38.5 Å². The summed E-state index contributed by atoms with van der Waals surface area (Å²) in [7, 11) is 0. The summed E-state index contributed by atoms with van der Waals surface area (Å²) >= 11 is 0. The van der Waals surface area contributed by atoms with Crippen LogP contribution in [-0.4, -0.2) is 43.6 Å². The summed E-state index contributed by atoms with van der Waals surface area (Å²) in [6.07, 6.45) is 3.71. The zero-order valence-corrected chi connectivity index (χ0v) is 28.0. The number of hydrogen-bond donors (Lipinski definition) is 3. The Bertz CT molecular complexity index is 2420. The molecule has 0 radical (unpaired) electrons. The number of aryl methyl sites for hydroxylation is 2. The number of carbonyl (C=O) groups is 1. The second-order valence-corrected chi connectivity index (χ2v) is 12.7. The molecule has 10 nitrogen and oxygen atoms in total. The molecule has 1 aliphatic rings. The molecule has 10 heteroatoms. The van der Waals surface area contributed by atoms with Gasteiger partial charge in [0.2, 0.25) is 0 Å². The quantitative estimate of drug-likeness (QED) is 0.132. The van der Waals surface area contributed by atoms with Crippen LogP contribution < -0.4 is 20.3 Å². The lowest BCUT2D eigenvalue weighted by Gasteiger charge is -2.16. The second kappa shape index (κ2) is 14.0. The number of aromatic carboxylic acids is 1. The molecular formula is C41H37N5O5. The van der Waals surface area contributed by atoms with Crippen LogP contribution >= 0.6 is 0 Å². The van der Waals surface area contributed by atoms with Crippen LogP contribution in [0, 0.1) is 0 Å². The van der Waals surface area contributed by atoms with E-state index in [9.17, 15) is 14.7 Å². The van der Waals surface area contributed by atoms with E-state index in [1.54, 1.807) is 16.8 Å². The van der Waals surface area contributed by atoms with Crippen molar-refractivity contribution in [2.24, 2.45) is 0 Å². The van der Waals surface area contributed by atoms with Gasteiger partial charge >= 0.3 is 5.97 Å². The van der Waals surface area contributed by atoms with Gasteiger partial charge in [-0.1, -0.05) is 60.7 Å². The minimum absolute atomic E-state index is 0.107. The van der Waals surface area contributed by atoms with Crippen LogP contribution in [0.2, 0.25) is 0 Å². The molecule has 0 saturated heterocycles. The number of aromatic nitrogens is 4. The Labute approximate surface area is 293 Å². The molecule has 4 heterocycles. The summed E-state index contributed by atoms with van der Waals surface area (Å²) in [6.45, 7) is 2.52. The van der Waals surface area contributed by atoms with Crippen molar-refractivity contribution in [1.82, 2.24) is 24.6 Å². The Kier molecular flexibility index (Phi) is 8.82. The normalized spacial score (nSPS) is 12.9. The maximum Gasteiger partial charge on any atom is 0.352 e. The first-order chi connectivity index (χ1) is 25.1. The molecule has 0 spiro atoms. The summed E-state index contributed by atoms with van der Waals surface area (Å²) in [5.41, 5.74) is 6.12. The molecule has 3 aromatic heterocycles. The Hall–Kier alpha value is -6.13. The summed E-state index contributed by atoms with van der Waals surface area (Å²) < 4.78 is 16.0. The number of nitrogens with one attached hydrogen (secondary N) is 2. The highest BCUT2D eigenvalue weighted by Crippen LogP contribution is 2.39. The lowest BCUT2D eigenvalue weighted by Crippen LogP contribution is -2.20. The topological polar surface area (TPSA) is 123 Å². The zero-order valence-electron chi connectivity index (χ0n) is 28.0. The molecule has 7 aromatic rings. The van der Waals surface area contributed by atoms with Gasteiger partial charge in [-0.15, -0.1) is 0 Å². The molecule has 256 valence electrons. The van der Waals surface area contributed by atoms with Gasteiger partial charge in [0.25, 0.3) is 5.56 Å². The number of fused-ring (bicyclic) bond motifs is 3. The van der Waals surface area contributed by atoms with Gasteiger partial charge < -0.3 is 24.5 Å². The van der Waals surface area contributed by atoms with E-state index < -0.39 is 5.97 Å². The van der Waals surface area contributed by atoms with Gasteiger partial charge in [0.1, 0.15) is 29.5 Å². The highest BCUT2D eigenvalue weighted by molar-refractivity contribution is 6.04. The molecule has 0 aliphatic carbocycles. The highest BCUT2D eigenvalue weighted by atomic mass is 16.5. The fourth-order valence-corrected chi connectivity index (χ4v) is 7.20. The molecule has 0 atom stereocenters. The summed E-state index contributed by atoms with van der Waals surface area (Å²) in [6, 6.07) is 32.7. The van der Waals surface area contributed by atoms with Gasteiger partial charge in [-0.3, -0.25) is 14.5 Å². The van der Waals surface area contributed by atoms with Crippen molar-refractivity contribution in [1.29, 1.82) is 0 Å². The molecule has 0 fully saturated rings. The second-order valence-electron chi connectivity index (χ2n) is 12.7. The number of H-pyrrole nitrogens is 1. The molecule has 0 unspecified atom stereocenters. The number of aromatic amines is 1. The average Bonchev–Trinajstić information content (AvgIpc) is 3.71. The van der Waals surface area contributed by atoms with E-state index in [4.69, 9.17) is 14.6 Å². The van der Waals surface area contributed by atoms with E-state index in [0.717, 1.165) is 74.2 Å². The largest absolute Gasteiger partial charge is 0.493 e. The van der Waals surface area contributed by atoms with Crippen LogP contribution in [0.1, 0.15) is 40.3 Å². The van der Waals surface area contributed by atoms with Crippen molar-refractivity contribution >= 4 is 27.6 Å². The van der Waals surface area contributed by atoms with Crippen molar-refractivity contribution in [3.05, 3.63) is 142 Å². The lowest BCUT2D eigenvalue weighted by atomic mass is 9.98. The van der Waals surface area contributed by atoms with Gasteiger partial charge in [-0.25, -0.2) is 4.79 Å². The van der Waals surface area contributed by atoms with Crippen LogP contribution in [0.5, 0.6) is 11.5 Å². The minimum Gasteiger partial charge on any atom is -0.493 e. The molecule has 1 aliphatic heterocycles. The summed E-state index contributed by atoms with van der Waals surface area (Å²) in [5.74, 6) is 0.525. The zero-order chi connectivity index (χ0) is 34.7. The number of rotatable bonds is 10. The first-order valence-corrected chi connectivity index (χ1v) is 17.2. The third-order valence-electron chi connectivity index (χ3n) is 9.50. The summed E-state index contributed by atoms with van der Waals surface area (Å²) in [4.78, 5) is 25.3. The molecule has 0 bridgehead atoms. The van der Waals surface area contributed by atoms with Crippen LogP contribution in [0.15, 0.2) is 114 Å². The smallest absolute Gasteiger partial charge is 0.352 e. The number of hydrogen-bond acceptors (Lipinski definition) is 6. The van der Waals surface area contributed by atoms with E-state index in [-0.39, 0.29) is 12.2 Å². The van der Waals surface area contributed by atoms with E-state index in [2.05, 4.69) is 28.6 Å². The first kappa shape index (κ1) is 32.1. The van der Waals surface area contributed by atoms with E-state index in [1.165, 1.54) is 6.07 Å². The van der Waals surface area contributed by atoms with Crippen LogP contribution in [-0.2, 0) is 26.1 Å². The molecule has 51 heavy (non-hydrogen) atoms. The molecule has 4 aromatic carbocycles. The fraction of sp³-hybridized carbons (Fsp3) is 0.195. The monoisotopic (exact) mass is 679 g/mol. The van der Waals surface area contributed by atoms with Gasteiger partial charge in [-0.05, 0) is 73.2 Å².